The first-order valence-corrected chi connectivity index (χ1v) is 7.15. The Bertz CT molecular complexity index is 737. The van der Waals surface area contributed by atoms with Crippen LogP contribution in [0.4, 0.5) is 0 Å². The Labute approximate surface area is 118 Å². The van der Waals surface area contributed by atoms with E-state index in [4.69, 9.17) is 0 Å². The molecule has 3 rings (SSSR count). The number of Topliss-reactive ketones (excluding diaryl/α,β-unsaturated/α-hetero) is 1. The minimum atomic E-state index is -1.51. The van der Waals surface area contributed by atoms with Crippen molar-refractivity contribution in [1.82, 2.24) is 4.98 Å². The molecular weight excluding hydrogens is 272 g/mol. The van der Waals surface area contributed by atoms with Gasteiger partial charge in [-0.05, 0) is 12.1 Å². The molecule has 0 spiro atoms. The minimum absolute atomic E-state index is 0.202. The lowest BCUT2D eigenvalue weighted by Crippen LogP contribution is -2.15. The van der Waals surface area contributed by atoms with Crippen LogP contribution in [0.5, 0.6) is 0 Å². The van der Waals surface area contributed by atoms with E-state index >= 15 is 0 Å². The zero-order chi connectivity index (χ0) is 13.9. The molecule has 5 heteroatoms. The zero-order valence-electron chi connectivity index (χ0n) is 10.4. The van der Waals surface area contributed by atoms with Crippen molar-refractivity contribution in [1.29, 1.82) is 0 Å². The molecular formula is C15H10N2O2S. The van der Waals surface area contributed by atoms with Gasteiger partial charge in [0.15, 0.2) is 11.0 Å². The number of benzene rings is 1. The smallest absolute Gasteiger partial charge is 0.212 e. The largest absolute Gasteiger partial charge is 0.287 e. The minimum Gasteiger partial charge on any atom is -0.287 e. The highest BCUT2D eigenvalue weighted by molar-refractivity contribution is 7.87. The summed E-state index contributed by atoms with van der Waals surface area (Å²) in [4.78, 5) is 16.6. The summed E-state index contributed by atoms with van der Waals surface area (Å²) in [5.41, 5.74) is 1.85. The molecule has 2 aromatic rings. The lowest BCUT2D eigenvalue weighted by Gasteiger charge is -2.04. The molecule has 1 aromatic carbocycles. The van der Waals surface area contributed by atoms with Gasteiger partial charge in [-0.25, -0.2) is 4.21 Å². The van der Waals surface area contributed by atoms with Crippen LogP contribution in [-0.2, 0) is 11.0 Å². The van der Waals surface area contributed by atoms with E-state index in [0.29, 0.717) is 16.8 Å². The Morgan fingerprint density at radius 1 is 1.00 bits per heavy atom. The second-order valence-electron chi connectivity index (χ2n) is 4.16. The van der Waals surface area contributed by atoms with Gasteiger partial charge in [0.05, 0.1) is 5.69 Å². The Morgan fingerprint density at radius 3 is 2.45 bits per heavy atom. The molecule has 0 amide bonds. The number of pyridine rings is 1. The van der Waals surface area contributed by atoms with Crippen LogP contribution in [0.1, 0.15) is 16.1 Å². The van der Waals surface area contributed by atoms with Gasteiger partial charge in [0, 0.05) is 22.7 Å². The van der Waals surface area contributed by atoms with Gasteiger partial charge < -0.3 is 0 Å². The highest BCUT2D eigenvalue weighted by Gasteiger charge is 2.26. The summed E-state index contributed by atoms with van der Waals surface area (Å²) >= 11 is 0. The van der Waals surface area contributed by atoms with Crippen molar-refractivity contribution >= 4 is 28.1 Å². The fraction of sp³-hybridized carbons (Fsp3) is 0. The molecule has 0 saturated heterocycles. The third kappa shape index (κ3) is 2.35. The van der Waals surface area contributed by atoms with Crippen LogP contribution >= 0.6 is 0 Å². The predicted molar refractivity (Wildman–Crippen MR) is 78.6 cm³/mol. The third-order valence-electron chi connectivity index (χ3n) is 2.85. The molecule has 1 aliphatic heterocycles. The topological polar surface area (TPSA) is 59.4 Å². The normalized spacial score (nSPS) is 17.5. The SMILES string of the molecule is O=C(C1=NS(=O)C=C1c1ccccn1)c1ccccc1. The van der Waals surface area contributed by atoms with E-state index in [2.05, 4.69) is 9.38 Å². The molecule has 0 N–H and O–H groups in total. The average Bonchev–Trinajstić information content (AvgIpc) is 2.90. The van der Waals surface area contributed by atoms with E-state index in [0.717, 1.165) is 0 Å². The molecule has 98 valence electrons. The molecule has 0 saturated carbocycles. The highest BCUT2D eigenvalue weighted by Crippen LogP contribution is 2.23. The van der Waals surface area contributed by atoms with Crippen LogP contribution in [0.2, 0.25) is 0 Å². The third-order valence-corrected chi connectivity index (χ3v) is 3.65. The molecule has 2 heterocycles. The van der Waals surface area contributed by atoms with Gasteiger partial charge in [-0.1, -0.05) is 36.4 Å². The van der Waals surface area contributed by atoms with Crippen molar-refractivity contribution in [2.45, 2.75) is 0 Å². The van der Waals surface area contributed by atoms with Crippen LogP contribution in [0.15, 0.2) is 64.5 Å². The predicted octanol–water partition coefficient (Wildman–Crippen LogP) is 2.42. The lowest BCUT2D eigenvalue weighted by molar-refractivity contribution is 0.106. The van der Waals surface area contributed by atoms with Gasteiger partial charge in [-0.3, -0.25) is 9.78 Å². The maximum atomic E-state index is 12.4. The maximum Gasteiger partial charge on any atom is 0.212 e. The van der Waals surface area contributed by atoms with Crippen LogP contribution in [-0.4, -0.2) is 20.7 Å². The van der Waals surface area contributed by atoms with Gasteiger partial charge in [-0.15, -0.1) is 0 Å². The van der Waals surface area contributed by atoms with E-state index in [-0.39, 0.29) is 11.5 Å². The van der Waals surface area contributed by atoms with Crippen LogP contribution in [0.3, 0.4) is 0 Å². The fourth-order valence-corrected chi connectivity index (χ4v) is 2.76. The summed E-state index contributed by atoms with van der Waals surface area (Å²) in [6.07, 6.45) is 1.63. The Kier molecular flexibility index (Phi) is 3.35. The summed E-state index contributed by atoms with van der Waals surface area (Å²) in [5.74, 6) is -0.242. The van der Waals surface area contributed by atoms with E-state index in [1.807, 2.05) is 12.1 Å². The zero-order valence-corrected chi connectivity index (χ0v) is 11.2. The molecule has 0 fully saturated rings. The van der Waals surface area contributed by atoms with Crippen LogP contribution < -0.4 is 0 Å². The second-order valence-corrected chi connectivity index (χ2v) is 5.13. The quantitative estimate of drug-likeness (QED) is 0.812. The molecule has 1 atom stereocenters. The standard InChI is InChI=1S/C15H10N2O2S/c18-15(11-6-2-1-3-7-11)14-12(10-20(19)17-14)13-8-4-5-9-16-13/h1-10H. The number of hydrogen-bond acceptors (Lipinski definition) is 3. The number of allylic oxidation sites excluding steroid dienone is 1. The summed E-state index contributed by atoms with van der Waals surface area (Å²) in [6.45, 7) is 0. The van der Waals surface area contributed by atoms with Gasteiger partial charge in [0.25, 0.3) is 0 Å². The van der Waals surface area contributed by atoms with E-state index in [9.17, 15) is 9.00 Å². The first kappa shape index (κ1) is 12.6. The first-order valence-electron chi connectivity index (χ1n) is 5.98. The molecule has 0 bridgehead atoms. The van der Waals surface area contributed by atoms with Crippen LogP contribution in [0, 0.1) is 0 Å². The Balaban J connectivity index is 2.02. The van der Waals surface area contributed by atoms with Crippen molar-refractivity contribution in [2.75, 3.05) is 0 Å². The molecule has 4 nitrogen and oxygen atoms in total. The Morgan fingerprint density at radius 2 is 1.75 bits per heavy atom. The molecule has 1 unspecified atom stereocenters. The number of hydrogen-bond donors (Lipinski definition) is 0. The van der Waals surface area contributed by atoms with Crippen molar-refractivity contribution in [2.24, 2.45) is 4.40 Å². The van der Waals surface area contributed by atoms with Crippen LogP contribution in [0.25, 0.3) is 5.57 Å². The van der Waals surface area contributed by atoms with Gasteiger partial charge in [0.2, 0.25) is 5.78 Å². The summed E-state index contributed by atoms with van der Waals surface area (Å²) in [5, 5.41) is 1.46. The van der Waals surface area contributed by atoms with E-state index < -0.39 is 11.0 Å². The second kappa shape index (κ2) is 5.30. The van der Waals surface area contributed by atoms with Crippen molar-refractivity contribution in [3.63, 3.8) is 0 Å². The van der Waals surface area contributed by atoms with Gasteiger partial charge >= 0.3 is 0 Å². The molecule has 0 radical (unpaired) electrons. The van der Waals surface area contributed by atoms with E-state index in [1.54, 1.807) is 42.6 Å². The number of carbonyl (C=O) groups is 1. The number of ketones is 1. The number of nitrogens with zero attached hydrogens (tertiary/aromatic N) is 2. The van der Waals surface area contributed by atoms with Crippen molar-refractivity contribution in [3.8, 4) is 0 Å². The monoisotopic (exact) mass is 282 g/mol. The lowest BCUT2D eigenvalue weighted by atomic mass is 9.99. The van der Waals surface area contributed by atoms with Crippen molar-refractivity contribution < 1.29 is 9.00 Å². The molecule has 1 aromatic heterocycles. The summed E-state index contributed by atoms with van der Waals surface area (Å²) in [6, 6.07) is 14.2. The Hall–Kier alpha value is -2.40. The van der Waals surface area contributed by atoms with Gasteiger partial charge in [-0.2, -0.15) is 4.40 Å². The van der Waals surface area contributed by atoms with Crippen molar-refractivity contribution in [3.05, 3.63) is 71.4 Å². The first-order chi connectivity index (χ1) is 9.75. The number of aromatic nitrogens is 1. The number of rotatable bonds is 3. The highest BCUT2D eigenvalue weighted by atomic mass is 32.2. The molecule has 0 aliphatic carbocycles. The molecule has 20 heavy (non-hydrogen) atoms. The maximum absolute atomic E-state index is 12.4. The molecule has 1 aliphatic rings. The average molecular weight is 282 g/mol. The summed E-state index contributed by atoms with van der Waals surface area (Å²) < 4.78 is 15.6. The fourth-order valence-electron chi connectivity index (χ4n) is 1.92. The van der Waals surface area contributed by atoms with Gasteiger partial charge in [0.1, 0.15) is 5.71 Å². The van der Waals surface area contributed by atoms with E-state index in [1.165, 1.54) is 5.41 Å². The summed E-state index contributed by atoms with van der Waals surface area (Å²) in [7, 11) is -1.51. The number of carbonyl (C=O) groups excluding carboxylic acids is 1.